The van der Waals surface area contributed by atoms with E-state index in [0.29, 0.717) is 12.3 Å². The highest BCUT2D eigenvalue weighted by molar-refractivity contribution is 7.89. The zero-order valence-corrected chi connectivity index (χ0v) is 11.2. The van der Waals surface area contributed by atoms with Crippen LogP contribution in [-0.2, 0) is 16.4 Å². The van der Waals surface area contributed by atoms with Gasteiger partial charge in [-0.3, -0.25) is 0 Å². The number of benzene rings is 1. The Morgan fingerprint density at radius 2 is 1.88 bits per heavy atom. The van der Waals surface area contributed by atoms with Gasteiger partial charge in [-0.1, -0.05) is 12.1 Å². The van der Waals surface area contributed by atoms with Crippen LogP contribution in [0.15, 0.2) is 29.2 Å². The number of rotatable bonds is 6. The summed E-state index contributed by atoms with van der Waals surface area (Å²) in [4.78, 5) is 0.228. The summed E-state index contributed by atoms with van der Waals surface area (Å²) in [7, 11) is -2.05. The van der Waals surface area contributed by atoms with Crippen molar-refractivity contribution in [3.05, 3.63) is 29.8 Å². The average Bonchev–Trinajstić information content (AvgIpc) is 2.30. The quantitative estimate of drug-likeness (QED) is 0.792. The van der Waals surface area contributed by atoms with Gasteiger partial charge < -0.3 is 5.11 Å². The molecule has 0 unspecified atom stereocenters. The summed E-state index contributed by atoms with van der Waals surface area (Å²) >= 11 is 5.60. The maximum atomic E-state index is 12.0. The fourth-order valence-corrected chi connectivity index (χ4v) is 2.76. The van der Waals surface area contributed by atoms with Crippen molar-refractivity contribution in [3.63, 3.8) is 0 Å². The van der Waals surface area contributed by atoms with Gasteiger partial charge in [-0.05, 0) is 24.1 Å². The molecule has 1 aromatic rings. The standard InChI is InChI=1S/C11H16ClNO3S/c1-13(8-9-14)17(15,16)11-4-2-10(3-5-11)6-7-12/h2-5,14H,6-9H2,1H3. The van der Waals surface area contributed by atoms with Gasteiger partial charge in [-0.15, -0.1) is 11.6 Å². The fourth-order valence-electron chi connectivity index (χ4n) is 1.38. The second kappa shape index (κ2) is 6.35. The number of alkyl halides is 1. The predicted molar refractivity (Wildman–Crippen MR) is 67.8 cm³/mol. The summed E-state index contributed by atoms with van der Waals surface area (Å²) in [6.45, 7) is -0.105. The van der Waals surface area contributed by atoms with Crippen LogP contribution in [0.25, 0.3) is 0 Å². The second-order valence-electron chi connectivity index (χ2n) is 3.63. The molecule has 0 aromatic heterocycles. The summed E-state index contributed by atoms with van der Waals surface area (Å²) in [6, 6.07) is 6.63. The highest BCUT2D eigenvalue weighted by atomic mass is 35.5. The molecular weight excluding hydrogens is 262 g/mol. The van der Waals surface area contributed by atoms with Crippen molar-refractivity contribution in [2.75, 3.05) is 26.1 Å². The summed E-state index contributed by atoms with van der Waals surface area (Å²) in [5.74, 6) is 0.510. The highest BCUT2D eigenvalue weighted by Crippen LogP contribution is 2.15. The molecule has 0 amide bonds. The van der Waals surface area contributed by atoms with Crippen molar-refractivity contribution >= 4 is 21.6 Å². The number of aliphatic hydroxyl groups excluding tert-OH is 1. The maximum Gasteiger partial charge on any atom is 0.242 e. The van der Waals surface area contributed by atoms with Crippen molar-refractivity contribution in [3.8, 4) is 0 Å². The van der Waals surface area contributed by atoms with Crippen LogP contribution in [0.2, 0.25) is 0 Å². The van der Waals surface area contributed by atoms with E-state index in [-0.39, 0.29) is 18.0 Å². The molecule has 1 N–H and O–H groups in total. The van der Waals surface area contributed by atoms with E-state index in [4.69, 9.17) is 16.7 Å². The predicted octanol–water partition coefficient (Wildman–Crippen LogP) is 1.08. The van der Waals surface area contributed by atoms with Gasteiger partial charge in [0, 0.05) is 19.5 Å². The molecule has 0 saturated carbocycles. The van der Waals surface area contributed by atoms with E-state index >= 15 is 0 Å². The van der Waals surface area contributed by atoms with Crippen LogP contribution in [0.1, 0.15) is 5.56 Å². The lowest BCUT2D eigenvalue weighted by atomic mass is 10.2. The largest absolute Gasteiger partial charge is 0.395 e. The first-order valence-corrected chi connectivity index (χ1v) is 7.22. The average molecular weight is 278 g/mol. The highest BCUT2D eigenvalue weighted by Gasteiger charge is 2.19. The third kappa shape index (κ3) is 3.67. The number of nitrogens with zero attached hydrogens (tertiary/aromatic N) is 1. The minimum Gasteiger partial charge on any atom is -0.395 e. The topological polar surface area (TPSA) is 57.6 Å². The molecule has 1 aromatic carbocycles. The maximum absolute atomic E-state index is 12.0. The summed E-state index contributed by atoms with van der Waals surface area (Å²) < 4.78 is 25.1. The normalized spacial score (nSPS) is 12.0. The van der Waals surface area contributed by atoms with Gasteiger partial charge in [-0.25, -0.2) is 8.42 Å². The third-order valence-corrected chi connectivity index (χ3v) is 4.49. The first-order chi connectivity index (χ1) is 8.02. The summed E-state index contributed by atoms with van der Waals surface area (Å²) in [5.41, 5.74) is 1.00. The molecule has 1 rings (SSSR count). The number of halogens is 1. The van der Waals surface area contributed by atoms with Gasteiger partial charge in [-0.2, -0.15) is 4.31 Å². The van der Waals surface area contributed by atoms with Crippen LogP contribution < -0.4 is 0 Å². The number of aryl methyl sites for hydroxylation is 1. The molecule has 0 aliphatic heterocycles. The third-order valence-electron chi connectivity index (χ3n) is 2.43. The van der Waals surface area contributed by atoms with Crippen LogP contribution in [0.3, 0.4) is 0 Å². The van der Waals surface area contributed by atoms with E-state index in [2.05, 4.69) is 0 Å². The Morgan fingerprint density at radius 3 is 2.35 bits per heavy atom. The van der Waals surface area contributed by atoms with Crippen LogP contribution in [-0.4, -0.2) is 43.9 Å². The fraction of sp³-hybridized carbons (Fsp3) is 0.455. The summed E-state index contributed by atoms with van der Waals surface area (Å²) in [6.07, 6.45) is 0.717. The smallest absolute Gasteiger partial charge is 0.242 e. The van der Waals surface area contributed by atoms with E-state index < -0.39 is 10.0 Å². The van der Waals surface area contributed by atoms with E-state index in [1.807, 2.05) is 0 Å². The number of hydrogen-bond acceptors (Lipinski definition) is 3. The first kappa shape index (κ1) is 14.4. The lowest BCUT2D eigenvalue weighted by molar-refractivity contribution is 0.266. The Labute approximate surface area is 107 Å². The molecule has 0 fully saturated rings. The van der Waals surface area contributed by atoms with Gasteiger partial charge in [0.25, 0.3) is 0 Å². The van der Waals surface area contributed by atoms with Gasteiger partial charge in [0.2, 0.25) is 10.0 Å². The number of sulfonamides is 1. The van der Waals surface area contributed by atoms with Crippen molar-refractivity contribution < 1.29 is 13.5 Å². The van der Waals surface area contributed by atoms with Crippen LogP contribution in [0, 0.1) is 0 Å². The van der Waals surface area contributed by atoms with Crippen LogP contribution >= 0.6 is 11.6 Å². The molecular formula is C11H16ClNO3S. The van der Waals surface area contributed by atoms with Gasteiger partial charge in [0.05, 0.1) is 11.5 Å². The van der Waals surface area contributed by atoms with Crippen molar-refractivity contribution in [2.45, 2.75) is 11.3 Å². The Hall–Kier alpha value is -0.620. The van der Waals surface area contributed by atoms with Gasteiger partial charge in [0.15, 0.2) is 0 Å². The van der Waals surface area contributed by atoms with Crippen LogP contribution in [0.4, 0.5) is 0 Å². The van der Waals surface area contributed by atoms with Crippen molar-refractivity contribution in [2.24, 2.45) is 0 Å². The molecule has 0 saturated heterocycles. The van der Waals surface area contributed by atoms with Gasteiger partial charge >= 0.3 is 0 Å². The molecule has 0 heterocycles. The van der Waals surface area contributed by atoms with E-state index in [0.717, 1.165) is 9.87 Å². The minimum absolute atomic E-state index is 0.0891. The minimum atomic E-state index is -3.49. The van der Waals surface area contributed by atoms with Crippen LogP contribution in [0.5, 0.6) is 0 Å². The number of likely N-dealkylation sites (N-methyl/N-ethyl adjacent to an activating group) is 1. The summed E-state index contributed by atoms with van der Waals surface area (Å²) in [5, 5.41) is 8.74. The molecule has 96 valence electrons. The number of hydrogen-bond donors (Lipinski definition) is 1. The molecule has 0 atom stereocenters. The Balaban J connectivity index is 2.92. The van der Waals surface area contributed by atoms with E-state index in [1.54, 1.807) is 24.3 Å². The Kier molecular flexibility index (Phi) is 5.39. The molecule has 0 spiro atoms. The lowest BCUT2D eigenvalue weighted by Crippen LogP contribution is -2.29. The van der Waals surface area contributed by atoms with Crippen molar-refractivity contribution in [1.82, 2.24) is 4.31 Å². The van der Waals surface area contributed by atoms with Gasteiger partial charge in [0.1, 0.15) is 0 Å². The monoisotopic (exact) mass is 277 g/mol. The molecule has 17 heavy (non-hydrogen) atoms. The molecule has 0 bridgehead atoms. The zero-order valence-electron chi connectivity index (χ0n) is 9.63. The Morgan fingerprint density at radius 1 is 1.29 bits per heavy atom. The number of aliphatic hydroxyl groups is 1. The first-order valence-electron chi connectivity index (χ1n) is 5.24. The zero-order chi connectivity index (χ0) is 12.9. The Bertz CT molecular complexity index is 444. The van der Waals surface area contributed by atoms with E-state index in [9.17, 15) is 8.42 Å². The lowest BCUT2D eigenvalue weighted by Gasteiger charge is -2.15. The van der Waals surface area contributed by atoms with E-state index in [1.165, 1.54) is 7.05 Å². The SMILES string of the molecule is CN(CCO)S(=O)(=O)c1ccc(CCCl)cc1. The molecule has 0 aliphatic carbocycles. The second-order valence-corrected chi connectivity index (χ2v) is 6.06. The van der Waals surface area contributed by atoms with Crippen molar-refractivity contribution in [1.29, 1.82) is 0 Å². The molecule has 6 heteroatoms. The molecule has 0 aliphatic rings. The molecule has 0 radical (unpaired) electrons. The molecule has 4 nitrogen and oxygen atoms in total.